The summed E-state index contributed by atoms with van der Waals surface area (Å²) >= 11 is 0. The van der Waals surface area contributed by atoms with Crippen LogP contribution in [0.4, 0.5) is 4.79 Å². The predicted molar refractivity (Wildman–Crippen MR) is 70.0 cm³/mol. The minimum Gasteiger partial charge on any atom is -0.334 e. The number of hydrogen-bond acceptors (Lipinski definition) is 2. The van der Waals surface area contributed by atoms with E-state index in [1.54, 1.807) is 0 Å². The Bertz CT molecular complexity index is 285. The molecule has 1 unspecified atom stereocenters. The second-order valence-electron chi connectivity index (χ2n) is 6.47. The molecular weight excluding hydrogens is 216 g/mol. The largest absolute Gasteiger partial charge is 0.334 e. The molecule has 0 aromatic carbocycles. The lowest BCUT2D eigenvalue weighted by Crippen LogP contribution is -2.55. The standard InChI is InChI=1S/C13H26N2O2/c1-8-9(16)10(12(2,3)4)14-11(17)15-13(5,6)7/h10H,8H2,1-7H3,(H2,14,15,17). The maximum absolute atomic E-state index is 11.8. The highest BCUT2D eigenvalue weighted by atomic mass is 16.2. The van der Waals surface area contributed by atoms with E-state index in [9.17, 15) is 9.59 Å². The van der Waals surface area contributed by atoms with Crippen molar-refractivity contribution < 1.29 is 9.59 Å². The van der Waals surface area contributed by atoms with Crippen LogP contribution in [0.1, 0.15) is 54.9 Å². The second-order valence-corrected chi connectivity index (χ2v) is 6.47. The summed E-state index contributed by atoms with van der Waals surface area (Å²) in [6.45, 7) is 13.4. The molecule has 0 heterocycles. The Kier molecular flexibility index (Phi) is 5.17. The first-order valence-corrected chi connectivity index (χ1v) is 6.08. The van der Waals surface area contributed by atoms with Crippen molar-refractivity contribution in [3.63, 3.8) is 0 Å². The summed E-state index contributed by atoms with van der Waals surface area (Å²) in [7, 11) is 0. The van der Waals surface area contributed by atoms with Gasteiger partial charge in [-0.05, 0) is 26.2 Å². The Morgan fingerprint density at radius 2 is 1.53 bits per heavy atom. The first kappa shape index (κ1) is 15.9. The van der Waals surface area contributed by atoms with Crippen LogP contribution in [0.25, 0.3) is 0 Å². The number of ketones is 1. The van der Waals surface area contributed by atoms with Crippen molar-refractivity contribution >= 4 is 11.8 Å². The van der Waals surface area contributed by atoms with Crippen LogP contribution >= 0.6 is 0 Å². The predicted octanol–water partition coefficient (Wildman–Crippen LogP) is 2.48. The molecule has 2 N–H and O–H groups in total. The van der Waals surface area contributed by atoms with E-state index in [0.717, 1.165) is 0 Å². The van der Waals surface area contributed by atoms with Crippen LogP contribution in [0.5, 0.6) is 0 Å². The van der Waals surface area contributed by atoms with Gasteiger partial charge in [0.2, 0.25) is 0 Å². The average molecular weight is 242 g/mol. The molecule has 0 saturated carbocycles. The van der Waals surface area contributed by atoms with Crippen LogP contribution < -0.4 is 10.6 Å². The second kappa shape index (κ2) is 5.52. The summed E-state index contributed by atoms with van der Waals surface area (Å²) in [4.78, 5) is 23.6. The molecule has 2 amide bonds. The number of rotatable bonds is 3. The van der Waals surface area contributed by atoms with E-state index in [1.807, 2.05) is 48.5 Å². The maximum atomic E-state index is 11.8. The Labute approximate surface area is 105 Å². The van der Waals surface area contributed by atoms with Gasteiger partial charge in [-0.15, -0.1) is 0 Å². The fourth-order valence-electron chi connectivity index (χ4n) is 1.49. The zero-order valence-electron chi connectivity index (χ0n) is 12.1. The number of amides is 2. The average Bonchev–Trinajstić information content (AvgIpc) is 2.08. The molecule has 0 spiro atoms. The van der Waals surface area contributed by atoms with Crippen molar-refractivity contribution in [1.82, 2.24) is 10.6 Å². The molecule has 0 radical (unpaired) electrons. The molecule has 0 rings (SSSR count). The smallest absolute Gasteiger partial charge is 0.315 e. The van der Waals surface area contributed by atoms with Crippen LogP contribution in [-0.4, -0.2) is 23.4 Å². The molecular formula is C13H26N2O2. The topological polar surface area (TPSA) is 58.2 Å². The Morgan fingerprint density at radius 1 is 1.06 bits per heavy atom. The van der Waals surface area contributed by atoms with E-state index < -0.39 is 6.04 Å². The number of Topliss-reactive ketones (excluding diaryl/α,β-unsaturated/α-hetero) is 1. The molecule has 17 heavy (non-hydrogen) atoms. The fourth-order valence-corrected chi connectivity index (χ4v) is 1.49. The third-order valence-electron chi connectivity index (χ3n) is 2.30. The normalized spacial score (nSPS) is 14.1. The lowest BCUT2D eigenvalue weighted by Gasteiger charge is -2.31. The van der Waals surface area contributed by atoms with Gasteiger partial charge >= 0.3 is 6.03 Å². The quantitative estimate of drug-likeness (QED) is 0.798. The van der Waals surface area contributed by atoms with E-state index in [0.29, 0.717) is 6.42 Å². The summed E-state index contributed by atoms with van der Waals surface area (Å²) < 4.78 is 0. The van der Waals surface area contributed by atoms with Crippen molar-refractivity contribution in [2.24, 2.45) is 5.41 Å². The van der Waals surface area contributed by atoms with Crippen molar-refractivity contribution in [3.05, 3.63) is 0 Å². The lowest BCUT2D eigenvalue weighted by atomic mass is 9.83. The molecule has 1 atom stereocenters. The van der Waals surface area contributed by atoms with Crippen molar-refractivity contribution in [1.29, 1.82) is 0 Å². The van der Waals surface area contributed by atoms with Crippen molar-refractivity contribution in [2.45, 2.75) is 66.5 Å². The van der Waals surface area contributed by atoms with Gasteiger partial charge in [0, 0.05) is 12.0 Å². The van der Waals surface area contributed by atoms with E-state index in [-0.39, 0.29) is 22.8 Å². The molecule has 0 aliphatic carbocycles. The summed E-state index contributed by atoms with van der Waals surface area (Å²) in [6.07, 6.45) is 0.428. The first-order valence-electron chi connectivity index (χ1n) is 6.08. The van der Waals surface area contributed by atoms with E-state index in [1.165, 1.54) is 0 Å². The molecule has 100 valence electrons. The molecule has 4 nitrogen and oxygen atoms in total. The highest BCUT2D eigenvalue weighted by Gasteiger charge is 2.32. The molecule has 4 heteroatoms. The molecule has 0 aliphatic heterocycles. The SMILES string of the molecule is CCC(=O)C(NC(=O)NC(C)(C)C)C(C)(C)C. The molecule has 0 aliphatic rings. The van der Waals surface area contributed by atoms with Gasteiger partial charge in [-0.1, -0.05) is 27.7 Å². The third-order valence-corrected chi connectivity index (χ3v) is 2.30. The first-order chi connectivity index (χ1) is 7.47. The van der Waals surface area contributed by atoms with Crippen molar-refractivity contribution in [2.75, 3.05) is 0 Å². The monoisotopic (exact) mass is 242 g/mol. The van der Waals surface area contributed by atoms with Gasteiger partial charge in [0.25, 0.3) is 0 Å². The fraction of sp³-hybridized carbons (Fsp3) is 0.846. The summed E-state index contributed by atoms with van der Waals surface area (Å²) in [5.74, 6) is 0.0570. The van der Waals surface area contributed by atoms with Crippen LogP contribution in [-0.2, 0) is 4.79 Å². The zero-order valence-corrected chi connectivity index (χ0v) is 12.1. The Morgan fingerprint density at radius 3 is 1.82 bits per heavy atom. The summed E-state index contributed by atoms with van der Waals surface area (Å²) in [5, 5.41) is 5.56. The maximum Gasteiger partial charge on any atom is 0.315 e. The highest BCUT2D eigenvalue weighted by Crippen LogP contribution is 2.21. The number of carbonyl (C=O) groups is 2. The summed E-state index contributed by atoms with van der Waals surface area (Å²) in [5.41, 5.74) is -0.579. The molecule has 0 fully saturated rings. The van der Waals surface area contributed by atoms with Crippen LogP contribution in [0.15, 0.2) is 0 Å². The zero-order chi connectivity index (χ0) is 13.9. The van der Waals surface area contributed by atoms with Gasteiger partial charge in [0.1, 0.15) is 0 Å². The number of urea groups is 1. The van der Waals surface area contributed by atoms with Crippen LogP contribution in [0, 0.1) is 5.41 Å². The van der Waals surface area contributed by atoms with E-state index in [2.05, 4.69) is 10.6 Å². The minimum atomic E-state index is -0.449. The molecule has 0 bridgehead atoms. The number of nitrogens with one attached hydrogen (secondary N) is 2. The van der Waals surface area contributed by atoms with Gasteiger partial charge in [0.15, 0.2) is 5.78 Å². The molecule has 0 aromatic rings. The Hall–Kier alpha value is -1.06. The van der Waals surface area contributed by atoms with Gasteiger partial charge < -0.3 is 10.6 Å². The van der Waals surface area contributed by atoms with Gasteiger partial charge in [-0.3, -0.25) is 4.79 Å². The van der Waals surface area contributed by atoms with E-state index >= 15 is 0 Å². The highest BCUT2D eigenvalue weighted by molar-refractivity contribution is 5.89. The molecule has 0 saturated heterocycles. The number of hydrogen-bond donors (Lipinski definition) is 2. The minimum absolute atomic E-state index is 0.0570. The van der Waals surface area contributed by atoms with Gasteiger partial charge in [0.05, 0.1) is 6.04 Å². The van der Waals surface area contributed by atoms with E-state index in [4.69, 9.17) is 0 Å². The molecule has 0 aromatic heterocycles. The lowest BCUT2D eigenvalue weighted by molar-refractivity contribution is -0.122. The third kappa shape index (κ3) is 6.29. The number of carbonyl (C=O) groups excluding carboxylic acids is 2. The van der Waals surface area contributed by atoms with Gasteiger partial charge in [-0.25, -0.2) is 4.79 Å². The Balaban J connectivity index is 4.67. The summed E-state index contributed by atoms with van der Waals surface area (Å²) in [6, 6.07) is -0.742. The van der Waals surface area contributed by atoms with Crippen LogP contribution in [0.3, 0.4) is 0 Å². The van der Waals surface area contributed by atoms with Crippen LogP contribution in [0.2, 0.25) is 0 Å². The van der Waals surface area contributed by atoms with Crippen molar-refractivity contribution in [3.8, 4) is 0 Å². The van der Waals surface area contributed by atoms with Gasteiger partial charge in [-0.2, -0.15) is 0 Å².